The lowest BCUT2D eigenvalue weighted by Crippen LogP contribution is -2.47. The van der Waals surface area contributed by atoms with E-state index in [1.165, 1.54) is 0 Å². The molecule has 0 spiro atoms. The minimum atomic E-state index is -0.718. The third-order valence-corrected chi connectivity index (χ3v) is 3.52. The Bertz CT molecular complexity index is 426. The van der Waals surface area contributed by atoms with Crippen molar-refractivity contribution < 1.29 is 9.90 Å². The van der Waals surface area contributed by atoms with Crippen LogP contribution >= 0.6 is 11.6 Å². The number of rotatable bonds is 7. The van der Waals surface area contributed by atoms with E-state index in [0.29, 0.717) is 10.6 Å². The number of nitrogens with two attached hydrogens (primary N) is 1. The molecule has 1 aromatic carbocycles. The first-order chi connectivity index (χ1) is 8.95. The minimum Gasteiger partial charge on any atom is -0.387 e. The van der Waals surface area contributed by atoms with Crippen LogP contribution in [0.25, 0.3) is 0 Å². The number of hydrogen-bond donors (Lipinski definition) is 3. The van der Waals surface area contributed by atoms with Crippen LogP contribution in [0.5, 0.6) is 0 Å². The second-order valence-electron chi connectivity index (χ2n) is 4.74. The Balaban J connectivity index is 2.61. The molecule has 1 aromatic rings. The van der Waals surface area contributed by atoms with E-state index < -0.39 is 18.1 Å². The van der Waals surface area contributed by atoms with Crippen LogP contribution in [0.4, 0.5) is 0 Å². The summed E-state index contributed by atoms with van der Waals surface area (Å²) in [6.07, 6.45) is 0.123. The highest BCUT2D eigenvalue weighted by Gasteiger charge is 2.22. The van der Waals surface area contributed by atoms with Gasteiger partial charge in [-0.15, -0.1) is 0 Å². The van der Waals surface area contributed by atoms with Gasteiger partial charge >= 0.3 is 0 Å². The van der Waals surface area contributed by atoms with Crippen molar-refractivity contribution in [1.82, 2.24) is 5.32 Å². The number of carbonyl (C=O) groups excluding carboxylic acids is 1. The third-order valence-electron chi connectivity index (χ3n) is 3.28. The summed E-state index contributed by atoms with van der Waals surface area (Å²) in [5.41, 5.74) is 6.07. The van der Waals surface area contributed by atoms with Crippen LogP contribution in [0.1, 0.15) is 31.9 Å². The smallest absolute Gasteiger partial charge is 0.234 e. The quantitative estimate of drug-likeness (QED) is 0.715. The fourth-order valence-electron chi connectivity index (χ4n) is 1.89. The van der Waals surface area contributed by atoms with Crippen molar-refractivity contribution in [3.63, 3.8) is 0 Å². The second-order valence-corrected chi connectivity index (χ2v) is 5.18. The molecule has 4 N–H and O–H groups in total. The average molecular weight is 285 g/mol. The first-order valence-electron chi connectivity index (χ1n) is 6.42. The lowest BCUT2D eigenvalue weighted by atomic mass is 9.98. The highest BCUT2D eigenvalue weighted by molar-refractivity contribution is 6.30. The van der Waals surface area contributed by atoms with Gasteiger partial charge < -0.3 is 16.2 Å². The molecule has 0 aliphatic heterocycles. The van der Waals surface area contributed by atoms with E-state index in [1.54, 1.807) is 24.3 Å². The molecule has 5 heteroatoms. The van der Waals surface area contributed by atoms with Crippen molar-refractivity contribution in [2.24, 2.45) is 11.7 Å². The number of halogens is 1. The fraction of sp³-hybridized carbons (Fsp3) is 0.500. The molecule has 19 heavy (non-hydrogen) atoms. The molecule has 3 unspecified atom stereocenters. The van der Waals surface area contributed by atoms with Crippen molar-refractivity contribution in [1.29, 1.82) is 0 Å². The number of amides is 1. The SMILES string of the molecule is CCC(C)C(NCC(O)c1cccc(Cl)c1)C(N)=O. The Kier molecular flexibility index (Phi) is 6.28. The zero-order chi connectivity index (χ0) is 14.4. The lowest BCUT2D eigenvalue weighted by Gasteiger charge is -2.23. The Morgan fingerprint density at radius 2 is 2.21 bits per heavy atom. The average Bonchev–Trinajstić information content (AvgIpc) is 2.37. The van der Waals surface area contributed by atoms with Crippen LogP contribution in [0.15, 0.2) is 24.3 Å². The molecule has 106 valence electrons. The van der Waals surface area contributed by atoms with E-state index in [1.807, 2.05) is 13.8 Å². The molecule has 0 saturated heterocycles. The van der Waals surface area contributed by atoms with Gasteiger partial charge in [-0.25, -0.2) is 0 Å². The molecule has 0 fully saturated rings. The summed E-state index contributed by atoms with van der Waals surface area (Å²) in [7, 11) is 0. The van der Waals surface area contributed by atoms with Crippen LogP contribution in [0.3, 0.4) is 0 Å². The van der Waals surface area contributed by atoms with Crippen molar-refractivity contribution in [3.8, 4) is 0 Å². The second kappa shape index (κ2) is 7.48. The van der Waals surface area contributed by atoms with E-state index in [2.05, 4.69) is 5.32 Å². The monoisotopic (exact) mass is 284 g/mol. The zero-order valence-corrected chi connectivity index (χ0v) is 12.0. The molecule has 3 atom stereocenters. The molecule has 0 aliphatic rings. The molecule has 4 nitrogen and oxygen atoms in total. The predicted octanol–water partition coefficient (Wildman–Crippen LogP) is 1.86. The molecule has 0 bridgehead atoms. The predicted molar refractivity (Wildman–Crippen MR) is 76.9 cm³/mol. The molecule has 1 amide bonds. The highest BCUT2D eigenvalue weighted by atomic mass is 35.5. The molecular weight excluding hydrogens is 264 g/mol. The van der Waals surface area contributed by atoms with E-state index >= 15 is 0 Å². The highest BCUT2D eigenvalue weighted by Crippen LogP contribution is 2.17. The van der Waals surface area contributed by atoms with Crippen molar-refractivity contribution in [2.75, 3.05) is 6.54 Å². The maximum absolute atomic E-state index is 11.4. The summed E-state index contributed by atoms with van der Waals surface area (Å²) in [6, 6.07) is 6.59. The first-order valence-corrected chi connectivity index (χ1v) is 6.79. The zero-order valence-electron chi connectivity index (χ0n) is 11.3. The number of carbonyl (C=O) groups is 1. The van der Waals surface area contributed by atoms with Gasteiger partial charge in [-0.05, 0) is 23.6 Å². The first kappa shape index (κ1) is 16.0. The fourth-order valence-corrected chi connectivity index (χ4v) is 2.09. The van der Waals surface area contributed by atoms with Gasteiger partial charge in [-0.2, -0.15) is 0 Å². The van der Waals surface area contributed by atoms with Crippen LogP contribution in [0.2, 0.25) is 5.02 Å². The van der Waals surface area contributed by atoms with Crippen molar-refractivity contribution in [2.45, 2.75) is 32.4 Å². The maximum Gasteiger partial charge on any atom is 0.234 e. The molecule has 0 aromatic heterocycles. The Labute approximate surface area is 118 Å². The summed E-state index contributed by atoms with van der Waals surface area (Å²) in [6.45, 7) is 4.21. The summed E-state index contributed by atoms with van der Waals surface area (Å²) >= 11 is 5.87. The van der Waals surface area contributed by atoms with Gasteiger partial charge in [0.1, 0.15) is 0 Å². The Morgan fingerprint density at radius 1 is 1.53 bits per heavy atom. The number of hydrogen-bond acceptors (Lipinski definition) is 3. The standard InChI is InChI=1S/C14H21ClN2O2/c1-3-9(2)13(14(16)19)17-8-12(18)10-5-4-6-11(15)7-10/h4-7,9,12-13,17-18H,3,8H2,1-2H3,(H2,16,19). The number of aliphatic hydroxyl groups excluding tert-OH is 1. The minimum absolute atomic E-state index is 0.129. The van der Waals surface area contributed by atoms with Gasteiger partial charge in [0.2, 0.25) is 5.91 Å². The number of aliphatic hydroxyl groups is 1. The van der Waals surface area contributed by atoms with Crippen LogP contribution in [0, 0.1) is 5.92 Å². The molecule has 1 rings (SSSR count). The normalized spacial score (nSPS) is 15.8. The van der Waals surface area contributed by atoms with E-state index in [9.17, 15) is 9.90 Å². The van der Waals surface area contributed by atoms with Gasteiger partial charge in [-0.1, -0.05) is 44.0 Å². The topological polar surface area (TPSA) is 75.3 Å². The summed E-state index contributed by atoms with van der Waals surface area (Å²) in [5, 5.41) is 13.7. The largest absolute Gasteiger partial charge is 0.387 e. The number of benzene rings is 1. The van der Waals surface area contributed by atoms with E-state index in [-0.39, 0.29) is 12.5 Å². The lowest BCUT2D eigenvalue weighted by molar-refractivity contribution is -0.121. The van der Waals surface area contributed by atoms with E-state index in [4.69, 9.17) is 17.3 Å². The van der Waals surface area contributed by atoms with Crippen molar-refractivity contribution >= 4 is 17.5 Å². The molecular formula is C14H21ClN2O2. The summed E-state index contributed by atoms with van der Waals surface area (Å²) in [5.74, 6) is -0.267. The van der Waals surface area contributed by atoms with Gasteiger partial charge in [0.05, 0.1) is 12.1 Å². The van der Waals surface area contributed by atoms with Gasteiger partial charge in [0, 0.05) is 11.6 Å². The Hall–Kier alpha value is -1.10. The molecule has 0 radical (unpaired) electrons. The molecule has 0 saturated carbocycles. The van der Waals surface area contributed by atoms with Crippen LogP contribution in [-0.2, 0) is 4.79 Å². The van der Waals surface area contributed by atoms with E-state index in [0.717, 1.165) is 6.42 Å². The van der Waals surface area contributed by atoms with Gasteiger partial charge in [-0.3, -0.25) is 4.79 Å². The Morgan fingerprint density at radius 3 is 2.74 bits per heavy atom. The summed E-state index contributed by atoms with van der Waals surface area (Å²) < 4.78 is 0. The molecule has 0 heterocycles. The van der Waals surface area contributed by atoms with Crippen molar-refractivity contribution in [3.05, 3.63) is 34.9 Å². The number of primary amides is 1. The maximum atomic E-state index is 11.4. The van der Waals surface area contributed by atoms with Crippen LogP contribution < -0.4 is 11.1 Å². The molecule has 0 aliphatic carbocycles. The number of nitrogens with one attached hydrogen (secondary N) is 1. The van der Waals surface area contributed by atoms with Crippen LogP contribution in [-0.4, -0.2) is 23.6 Å². The summed E-state index contributed by atoms with van der Waals surface area (Å²) in [4.78, 5) is 11.4. The third kappa shape index (κ3) is 4.82. The van der Waals surface area contributed by atoms with Gasteiger partial charge in [0.15, 0.2) is 0 Å². The van der Waals surface area contributed by atoms with Gasteiger partial charge in [0.25, 0.3) is 0 Å².